The number of nitrogens with one attached hydrogen (secondary N) is 1. The van der Waals surface area contributed by atoms with E-state index in [0.717, 1.165) is 47.1 Å². The Kier molecular flexibility index (Phi) is 10.6. The van der Waals surface area contributed by atoms with E-state index in [1.807, 2.05) is 84.9 Å². The Morgan fingerprint density at radius 2 is 1.65 bits per heavy atom. The second-order valence-corrected chi connectivity index (χ2v) is 13.5. The fraction of sp³-hybridized carbons (Fsp3) is 0.250. The molecule has 6 rings (SSSR count). The van der Waals surface area contributed by atoms with Crippen LogP contribution in [0.15, 0.2) is 115 Å². The summed E-state index contributed by atoms with van der Waals surface area (Å²) in [4.78, 5) is 48.1. The number of anilines is 1. The number of benzodiazepines with no additional fused rings is 1. The molecule has 1 unspecified atom stereocenters. The van der Waals surface area contributed by atoms with E-state index in [4.69, 9.17) is 33.9 Å². The predicted octanol–water partition coefficient (Wildman–Crippen LogP) is 7.97. The summed E-state index contributed by atoms with van der Waals surface area (Å²) >= 11 is 12.7. The number of nitrogens with two attached hydrogens (primary N) is 1. The minimum absolute atomic E-state index is 0.199. The first-order valence-corrected chi connectivity index (χ1v) is 17.3. The molecule has 4 aromatic carbocycles. The van der Waals surface area contributed by atoms with E-state index in [-0.39, 0.29) is 13.0 Å². The molecule has 0 spiro atoms. The maximum Gasteiger partial charge on any atom is 0.272 e. The van der Waals surface area contributed by atoms with E-state index < -0.39 is 35.7 Å². The first-order valence-electron chi connectivity index (χ1n) is 16.5. The summed E-state index contributed by atoms with van der Waals surface area (Å²) in [7, 11) is 0. The van der Waals surface area contributed by atoms with Crippen molar-refractivity contribution in [1.82, 2.24) is 5.32 Å². The van der Waals surface area contributed by atoms with Gasteiger partial charge in [0.2, 0.25) is 18.0 Å². The number of allylic oxidation sites excluding steroid dienone is 1. The molecule has 4 aromatic rings. The van der Waals surface area contributed by atoms with E-state index >= 15 is 0 Å². The fourth-order valence-corrected chi connectivity index (χ4v) is 7.22. The number of primary amides is 1. The lowest BCUT2D eigenvalue weighted by atomic mass is 9.74. The number of halogens is 2. The lowest BCUT2D eigenvalue weighted by Gasteiger charge is -2.33. The first-order chi connectivity index (χ1) is 23.7. The molecule has 3 N–H and O–H groups in total. The van der Waals surface area contributed by atoms with Crippen LogP contribution in [-0.2, 0) is 20.9 Å². The Morgan fingerprint density at radius 3 is 2.35 bits per heavy atom. The summed E-state index contributed by atoms with van der Waals surface area (Å²) in [6, 6.07) is 30.4. The minimum Gasteiger partial charge on any atom is -0.369 e. The van der Waals surface area contributed by atoms with Gasteiger partial charge in [-0.15, -0.1) is 6.58 Å². The highest BCUT2D eigenvalue weighted by molar-refractivity contribution is 6.36. The highest BCUT2D eigenvalue weighted by Gasteiger charge is 2.39. The van der Waals surface area contributed by atoms with Crippen LogP contribution in [-0.4, -0.2) is 29.6 Å². The molecule has 1 aliphatic heterocycles. The van der Waals surface area contributed by atoms with Gasteiger partial charge in [0.25, 0.3) is 5.91 Å². The Balaban J connectivity index is 1.40. The van der Waals surface area contributed by atoms with Crippen LogP contribution >= 0.6 is 23.2 Å². The van der Waals surface area contributed by atoms with Gasteiger partial charge in [0.15, 0.2) is 0 Å². The summed E-state index contributed by atoms with van der Waals surface area (Å²) in [5.74, 6) is -2.52. The van der Waals surface area contributed by atoms with Gasteiger partial charge >= 0.3 is 0 Å². The number of carbonyl (C=O) groups excluding carboxylic acids is 3. The van der Waals surface area contributed by atoms with E-state index in [2.05, 4.69) is 11.9 Å². The SMILES string of the molecule is C=CC[C@H](C(N)=O)[C@@H](CC1CCC1)C(=O)NC1N=C(c2ccccc2)c2ccccc2N(Cc2cccc(-c3ccc(Cl)cc3Cl)c2)C1=O. The van der Waals surface area contributed by atoms with Crippen molar-refractivity contribution in [1.29, 1.82) is 0 Å². The zero-order valence-electron chi connectivity index (χ0n) is 27.0. The summed E-state index contributed by atoms with van der Waals surface area (Å²) in [6.45, 7) is 3.99. The van der Waals surface area contributed by atoms with Gasteiger partial charge in [-0.25, -0.2) is 4.99 Å². The molecule has 9 heteroatoms. The van der Waals surface area contributed by atoms with Crippen LogP contribution < -0.4 is 16.0 Å². The normalized spacial score (nSPS) is 17.2. The smallest absolute Gasteiger partial charge is 0.272 e. The van der Waals surface area contributed by atoms with Gasteiger partial charge in [-0.2, -0.15) is 0 Å². The number of para-hydroxylation sites is 1. The van der Waals surface area contributed by atoms with Crippen molar-refractivity contribution in [2.75, 3.05) is 4.90 Å². The van der Waals surface area contributed by atoms with Crippen LogP contribution in [0.4, 0.5) is 5.69 Å². The lowest BCUT2D eigenvalue weighted by molar-refractivity contribution is -0.136. The number of hydrogen-bond acceptors (Lipinski definition) is 4. The number of rotatable bonds is 12. The Bertz CT molecular complexity index is 1910. The minimum atomic E-state index is -1.26. The number of hydrogen-bond donors (Lipinski definition) is 2. The van der Waals surface area contributed by atoms with E-state index in [0.29, 0.717) is 33.8 Å². The largest absolute Gasteiger partial charge is 0.369 e. The van der Waals surface area contributed by atoms with Gasteiger partial charge in [-0.05, 0) is 54.2 Å². The molecule has 1 fully saturated rings. The first kappa shape index (κ1) is 34.2. The summed E-state index contributed by atoms with van der Waals surface area (Å²) in [6.07, 6.45) is 4.20. The van der Waals surface area contributed by atoms with Crippen LogP contribution in [0.1, 0.15) is 48.8 Å². The van der Waals surface area contributed by atoms with E-state index in [1.54, 1.807) is 23.1 Å². The number of fused-ring (bicyclic) bond motifs is 1. The molecule has 0 bridgehead atoms. The van der Waals surface area contributed by atoms with Gasteiger partial charge in [0.1, 0.15) is 0 Å². The average molecular weight is 694 g/mol. The standard InChI is InChI=1S/C40H38Cl2N4O3/c1-2-10-31(37(43)47)33(22-25-11-8-12-25)39(48)45-38-40(49)46(24-26-13-9-16-28(21-26)30-20-19-29(41)23-34(30)42)35-18-7-6-17-32(35)36(44-38)27-14-4-3-5-15-27/h2-7,9,13-21,23,25,31,33,38H,1,8,10-12,22,24H2,(H2,43,47)(H,45,48)/t31-,33+,38?/m0/s1. The van der Waals surface area contributed by atoms with E-state index in [9.17, 15) is 14.4 Å². The molecule has 0 radical (unpaired) electrons. The topological polar surface area (TPSA) is 105 Å². The number of carbonyl (C=O) groups is 3. The van der Waals surface area contributed by atoms with Crippen molar-refractivity contribution in [3.63, 3.8) is 0 Å². The van der Waals surface area contributed by atoms with Gasteiger partial charge in [-0.1, -0.05) is 121 Å². The third-order valence-corrected chi connectivity index (χ3v) is 10.0. The molecule has 1 aliphatic carbocycles. The predicted molar refractivity (Wildman–Crippen MR) is 196 cm³/mol. The monoisotopic (exact) mass is 692 g/mol. The quantitative estimate of drug-likeness (QED) is 0.147. The highest BCUT2D eigenvalue weighted by Crippen LogP contribution is 2.37. The lowest BCUT2D eigenvalue weighted by Crippen LogP contribution is -2.51. The van der Waals surface area contributed by atoms with Crippen LogP contribution in [0.3, 0.4) is 0 Å². The molecule has 2 aliphatic rings. The molecular weight excluding hydrogens is 655 g/mol. The highest BCUT2D eigenvalue weighted by atomic mass is 35.5. The van der Waals surface area contributed by atoms with Crippen molar-refractivity contribution in [3.8, 4) is 11.1 Å². The number of benzene rings is 4. The Morgan fingerprint density at radius 1 is 0.918 bits per heavy atom. The molecule has 0 saturated heterocycles. The van der Waals surface area contributed by atoms with Gasteiger partial charge < -0.3 is 16.0 Å². The van der Waals surface area contributed by atoms with Crippen LogP contribution in [0.2, 0.25) is 10.0 Å². The molecule has 250 valence electrons. The molecule has 3 amide bonds. The van der Waals surface area contributed by atoms with Crippen LogP contribution in [0, 0.1) is 17.8 Å². The second kappa shape index (κ2) is 15.2. The zero-order valence-corrected chi connectivity index (χ0v) is 28.5. The molecule has 1 saturated carbocycles. The Labute approximate surface area is 296 Å². The third kappa shape index (κ3) is 7.64. The van der Waals surface area contributed by atoms with Gasteiger partial charge in [-0.3, -0.25) is 14.4 Å². The van der Waals surface area contributed by atoms with Crippen molar-refractivity contribution in [2.45, 2.75) is 44.8 Å². The average Bonchev–Trinajstić information content (AvgIpc) is 3.18. The van der Waals surface area contributed by atoms with E-state index in [1.165, 1.54) is 0 Å². The summed E-state index contributed by atoms with van der Waals surface area (Å²) < 4.78 is 0. The fourth-order valence-electron chi connectivity index (χ4n) is 6.70. The van der Waals surface area contributed by atoms with Crippen molar-refractivity contribution >= 4 is 52.3 Å². The number of amides is 3. The second-order valence-electron chi connectivity index (χ2n) is 12.7. The molecule has 3 atom stereocenters. The molecule has 1 heterocycles. The Hall–Kier alpha value is -4.72. The molecule has 0 aromatic heterocycles. The summed E-state index contributed by atoms with van der Waals surface area (Å²) in [5.41, 5.74) is 11.2. The van der Waals surface area contributed by atoms with Gasteiger partial charge in [0, 0.05) is 26.7 Å². The maximum absolute atomic E-state index is 14.7. The molecular formula is C40H38Cl2N4O3. The van der Waals surface area contributed by atoms with Crippen molar-refractivity contribution < 1.29 is 14.4 Å². The maximum atomic E-state index is 14.7. The molecule has 7 nitrogen and oxygen atoms in total. The van der Waals surface area contributed by atoms with Crippen LogP contribution in [0.25, 0.3) is 11.1 Å². The van der Waals surface area contributed by atoms with Crippen LogP contribution in [0.5, 0.6) is 0 Å². The zero-order chi connectivity index (χ0) is 34.5. The molecule has 49 heavy (non-hydrogen) atoms. The summed E-state index contributed by atoms with van der Waals surface area (Å²) in [5, 5.41) is 4.03. The number of aliphatic imine (C=N–C) groups is 1. The number of nitrogens with zero attached hydrogens (tertiary/aromatic N) is 2. The third-order valence-electron chi connectivity index (χ3n) is 9.46. The van der Waals surface area contributed by atoms with Crippen molar-refractivity contribution in [3.05, 3.63) is 136 Å². The van der Waals surface area contributed by atoms with Crippen molar-refractivity contribution in [2.24, 2.45) is 28.5 Å². The van der Waals surface area contributed by atoms with Gasteiger partial charge in [0.05, 0.1) is 29.8 Å².